The molecule has 0 radical (unpaired) electrons. The molecular weight excluding hydrogens is 396 g/mol. The molecule has 2 atom stereocenters. The number of hydrogen-bond acceptors (Lipinski definition) is 4. The first kappa shape index (κ1) is 19.7. The predicted octanol–water partition coefficient (Wildman–Crippen LogP) is 3.73. The number of rotatable bonds is 5. The van der Waals surface area contributed by atoms with Gasteiger partial charge in [-0.2, -0.15) is 0 Å². The Morgan fingerprint density at radius 3 is 2.50 bits per heavy atom. The summed E-state index contributed by atoms with van der Waals surface area (Å²) in [5, 5.41) is 0.312. The second-order valence-corrected chi connectivity index (χ2v) is 10.2. The third-order valence-corrected chi connectivity index (χ3v) is 7.79. The number of hydrogen-bond donors (Lipinski definition) is 0. The van der Waals surface area contributed by atoms with E-state index in [9.17, 15) is 8.42 Å². The predicted molar refractivity (Wildman–Crippen MR) is 110 cm³/mol. The largest absolute Gasteiger partial charge is 0.482 e. The molecule has 1 aliphatic heterocycles. The molecule has 1 fully saturated rings. The molecule has 1 heterocycles. The average molecular weight is 421 g/mol. The molecule has 2 aliphatic rings. The van der Waals surface area contributed by atoms with Crippen LogP contribution in [0.15, 0.2) is 47.4 Å². The first-order chi connectivity index (χ1) is 13.4. The van der Waals surface area contributed by atoms with E-state index >= 15 is 0 Å². The Morgan fingerprint density at radius 1 is 1.11 bits per heavy atom. The second kappa shape index (κ2) is 7.67. The van der Waals surface area contributed by atoms with Crippen LogP contribution in [0.2, 0.25) is 5.02 Å². The van der Waals surface area contributed by atoms with E-state index in [2.05, 4.69) is 23.1 Å². The first-order valence-electron chi connectivity index (χ1n) is 9.58. The highest BCUT2D eigenvalue weighted by Gasteiger charge is 2.39. The highest BCUT2D eigenvalue weighted by Crippen LogP contribution is 2.41. The number of ether oxygens (including phenoxy) is 1. The summed E-state index contributed by atoms with van der Waals surface area (Å²) in [6, 6.07) is 13.4. The summed E-state index contributed by atoms with van der Waals surface area (Å²) in [7, 11) is -0.523. The van der Waals surface area contributed by atoms with E-state index in [1.54, 1.807) is 12.1 Å². The van der Waals surface area contributed by atoms with Crippen molar-refractivity contribution in [2.24, 2.45) is 0 Å². The van der Waals surface area contributed by atoms with Gasteiger partial charge in [-0.15, -0.1) is 0 Å². The van der Waals surface area contributed by atoms with E-state index < -0.39 is 10.0 Å². The van der Waals surface area contributed by atoms with Crippen molar-refractivity contribution < 1.29 is 13.2 Å². The molecule has 0 saturated carbocycles. The van der Waals surface area contributed by atoms with Gasteiger partial charge >= 0.3 is 0 Å². The summed E-state index contributed by atoms with van der Waals surface area (Å²) in [5.74, 6) is 0.519. The molecule has 2 aromatic carbocycles. The number of fused-ring (bicyclic) bond motifs is 1. The summed E-state index contributed by atoms with van der Waals surface area (Å²) in [6.07, 6.45) is 3.29. The molecule has 4 rings (SSSR count). The van der Waals surface area contributed by atoms with E-state index in [0.29, 0.717) is 10.8 Å². The normalized spacial score (nSPS) is 22.6. The van der Waals surface area contributed by atoms with Gasteiger partial charge < -0.3 is 4.74 Å². The van der Waals surface area contributed by atoms with Crippen molar-refractivity contribution in [2.45, 2.75) is 36.3 Å². The maximum Gasteiger partial charge on any atom is 0.242 e. The molecule has 0 amide bonds. The topological polar surface area (TPSA) is 49.9 Å². The molecule has 0 N–H and O–H groups in total. The van der Waals surface area contributed by atoms with Crippen molar-refractivity contribution in [3.05, 3.63) is 58.6 Å². The van der Waals surface area contributed by atoms with E-state index in [-0.39, 0.29) is 17.0 Å². The van der Waals surface area contributed by atoms with Gasteiger partial charge in [0.15, 0.2) is 0 Å². The monoisotopic (exact) mass is 420 g/mol. The van der Waals surface area contributed by atoms with Gasteiger partial charge in [0.2, 0.25) is 10.0 Å². The fourth-order valence-electron chi connectivity index (χ4n) is 4.16. The van der Waals surface area contributed by atoms with Crippen molar-refractivity contribution in [3.8, 4) is 5.75 Å². The van der Waals surface area contributed by atoms with Gasteiger partial charge in [-0.1, -0.05) is 35.9 Å². The molecular formula is C21H25ClN2O3S. The Labute approximate surface area is 171 Å². The van der Waals surface area contributed by atoms with Gasteiger partial charge in [0.1, 0.15) is 11.9 Å². The lowest BCUT2D eigenvalue weighted by Gasteiger charge is -2.30. The summed E-state index contributed by atoms with van der Waals surface area (Å²) in [4.78, 5) is 2.67. The van der Waals surface area contributed by atoms with Crippen molar-refractivity contribution in [2.75, 3.05) is 27.2 Å². The Balaban J connectivity index is 1.64. The Bertz CT molecular complexity index is 971. The smallest absolute Gasteiger partial charge is 0.242 e. The lowest BCUT2D eigenvalue weighted by Crippen LogP contribution is -2.38. The molecule has 0 unspecified atom stereocenters. The van der Waals surface area contributed by atoms with Crippen LogP contribution in [0.4, 0.5) is 0 Å². The maximum atomic E-state index is 12.3. The van der Waals surface area contributed by atoms with Gasteiger partial charge in [-0.05, 0) is 61.7 Å². The lowest BCUT2D eigenvalue weighted by atomic mass is 10.1. The Kier molecular flexibility index (Phi) is 5.40. The fraction of sp³-hybridized carbons (Fsp3) is 0.429. The zero-order valence-corrected chi connectivity index (χ0v) is 17.7. The second-order valence-electron chi connectivity index (χ2n) is 7.63. The zero-order valence-electron chi connectivity index (χ0n) is 16.1. The third-order valence-electron chi connectivity index (χ3n) is 5.69. The summed E-state index contributed by atoms with van der Waals surface area (Å²) >= 11 is 6.43. The van der Waals surface area contributed by atoms with E-state index in [0.717, 1.165) is 19.5 Å². The zero-order chi connectivity index (χ0) is 19.9. The first-order valence-corrected chi connectivity index (χ1v) is 11.4. The summed E-state index contributed by atoms with van der Waals surface area (Å²) in [5.41, 5.74) is 2.51. The molecule has 7 heteroatoms. The quantitative estimate of drug-likeness (QED) is 0.739. The Hall–Kier alpha value is -1.60. The SMILES string of the molecule is CN(C)S(=O)(=O)c1ccc(O[C@H]2c3ccccc3C[C@@H]2N2CCCC2)c(Cl)c1. The van der Waals surface area contributed by atoms with E-state index in [1.807, 2.05) is 6.07 Å². The maximum absolute atomic E-state index is 12.3. The van der Waals surface area contributed by atoms with E-state index in [4.69, 9.17) is 16.3 Å². The highest BCUT2D eigenvalue weighted by molar-refractivity contribution is 7.89. The molecule has 2 aromatic rings. The van der Waals surface area contributed by atoms with Crippen molar-refractivity contribution in [1.82, 2.24) is 9.21 Å². The van der Waals surface area contributed by atoms with Crippen LogP contribution in [-0.4, -0.2) is 50.8 Å². The van der Waals surface area contributed by atoms with Crippen molar-refractivity contribution >= 4 is 21.6 Å². The molecule has 0 bridgehead atoms. The minimum absolute atomic E-state index is 0.108. The molecule has 0 aromatic heterocycles. The van der Waals surface area contributed by atoms with Crippen LogP contribution in [0.5, 0.6) is 5.75 Å². The van der Waals surface area contributed by atoms with Gasteiger partial charge in [-0.25, -0.2) is 12.7 Å². The summed E-state index contributed by atoms with van der Waals surface area (Å²) in [6.45, 7) is 2.18. The average Bonchev–Trinajstić information content (AvgIpc) is 3.31. The molecule has 1 saturated heterocycles. The molecule has 1 aliphatic carbocycles. The van der Waals surface area contributed by atoms with Crippen LogP contribution in [0.1, 0.15) is 30.1 Å². The number of nitrogens with zero attached hydrogens (tertiary/aromatic N) is 2. The fourth-order valence-corrected chi connectivity index (χ4v) is 5.38. The van der Waals surface area contributed by atoms with Crippen LogP contribution in [-0.2, 0) is 16.4 Å². The van der Waals surface area contributed by atoms with Crippen molar-refractivity contribution in [1.29, 1.82) is 0 Å². The van der Waals surface area contributed by atoms with Gasteiger partial charge in [-0.3, -0.25) is 4.90 Å². The standard InChI is InChI=1S/C21H25ClN2O3S/c1-23(2)28(25,26)16-9-10-20(18(22)14-16)27-21-17-8-4-3-7-15(17)13-19(21)24-11-5-6-12-24/h3-4,7-10,14,19,21H,5-6,11-13H2,1-2H3/t19-,21-/m0/s1. The van der Waals surface area contributed by atoms with Gasteiger partial charge in [0.25, 0.3) is 0 Å². The summed E-state index contributed by atoms with van der Waals surface area (Å²) < 4.78 is 32.3. The number of likely N-dealkylation sites (tertiary alicyclic amines) is 1. The van der Waals surface area contributed by atoms with Crippen LogP contribution in [0.3, 0.4) is 0 Å². The number of halogens is 1. The molecule has 150 valence electrons. The third kappa shape index (κ3) is 3.54. The van der Waals surface area contributed by atoms with Crippen LogP contribution in [0.25, 0.3) is 0 Å². The van der Waals surface area contributed by atoms with Gasteiger partial charge in [0.05, 0.1) is 16.0 Å². The molecule has 0 spiro atoms. The van der Waals surface area contributed by atoms with Gasteiger partial charge in [0, 0.05) is 14.1 Å². The minimum atomic E-state index is -3.53. The van der Waals surface area contributed by atoms with Crippen LogP contribution < -0.4 is 4.74 Å². The van der Waals surface area contributed by atoms with E-state index in [1.165, 1.54) is 48.4 Å². The highest BCUT2D eigenvalue weighted by atomic mass is 35.5. The molecule has 28 heavy (non-hydrogen) atoms. The molecule has 5 nitrogen and oxygen atoms in total. The number of benzene rings is 2. The minimum Gasteiger partial charge on any atom is -0.482 e. The van der Waals surface area contributed by atoms with Crippen LogP contribution >= 0.6 is 11.6 Å². The number of sulfonamides is 1. The lowest BCUT2D eigenvalue weighted by molar-refractivity contribution is 0.0941. The van der Waals surface area contributed by atoms with Crippen molar-refractivity contribution in [3.63, 3.8) is 0 Å². The van der Waals surface area contributed by atoms with Crippen LogP contribution in [0, 0.1) is 0 Å². The Morgan fingerprint density at radius 2 is 1.82 bits per heavy atom.